The second-order valence-electron chi connectivity index (χ2n) is 9.56. The molecule has 0 spiro atoms. The molecule has 2 amide bonds. The van der Waals surface area contributed by atoms with E-state index in [1.54, 1.807) is 0 Å². The van der Waals surface area contributed by atoms with Gasteiger partial charge in [0.1, 0.15) is 0 Å². The van der Waals surface area contributed by atoms with Gasteiger partial charge < -0.3 is 21.3 Å². The Labute approximate surface area is 245 Å². The zero-order chi connectivity index (χ0) is 25.9. The van der Waals surface area contributed by atoms with Gasteiger partial charge in [0.2, 0.25) is 0 Å². The second-order valence-corrected chi connectivity index (χ2v) is 9.56. The van der Waals surface area contributed by atoms with Crippen LogP contribution in [-0.2, 0) is 19.6 Å². The molecule has 208 valence electrons. The fourth-order valence-electron chi connectivity index (χ4n) is 4.61. The number of nitrogens with one attached hydrogen (secondary N) is 2. The number of nitrogens with two attached hydrogens (primary N) is 1. The van der Waals surface area contributed by atoms with E-state index < -0.39 is 0 Å². The quantitative estimate of drug-likeness (QED) is 0.162. The molecular formula is C32H40Cl2N4O. The number of halogens is 2. The molecule has 0 aliphatic heterocycles. The van der Waals surface area contributed by atoms with Gasteiger partial charge in [-0.1, -0.05) is 97.1 Å². The first kappa shape index (κ1) is 32.1. The Kier molecular flexibility index (Phi) is 13.8. The van der Waals surface area contributed by atoms with Gasteiger partial charge >= 0.3 is 6.03 Å². The van der Waals surface area contributed by atoms with Gasteiger partial charge in [-0.15, -0.1) is 24.8 Å². The fourth-order valence-corrected chi connectivity index (χ4v) is 4.61. The number of hydrogen-bond donors (Lipinski definition) is 3. The molecule has 4 aromatic carbocycles. The summed E-state index contributed by atoms with van der Waals surface area (Å²) in [7, 11) is 0. The van der Waals surface area contributed by atoms with Crippen LogP contribution in [0.3, 0.4) is 0 Å². The maximum Gasteiger partial charge on any atom is 0.318 e. The summed E-state index contributed by atoms with van der Waals surface area (Å²) in [5.74, 6) is 0. The SMILES string of the molecule is C[C@H](NC(=O)N(CCCCN)Cc1ccc(CNCc2ccccc2)cc1)c1cccc2ccccc12.Cl.Cl. The minimum absolute atomic E-state index is 0. The molecule has 0 aliphatic rings. The molecule has 0 fully saturated rings. The number of urea groups is 1. The Balaban J connectivity index is 0.00000267. The van der Waals surface area contributed by atoms with Crippen LogP contribution in [0.5, 0.6) is 0 Å². The van der Waals surface area contributed by atoms with Gasteiger partial charge in [0.15, 0.2) is 0 Å². The Hall–Kier alpha value is -3.09. The Morgan fingerprint density at radius 1 is 0.769 bits per heavy atom. The van der Waals surface area contributed by atoms with Gasteiger partial charge in [0.25, 0.3) is 0 Å². The molecule has 0 saturated carbocycles. The van der Waals surface area contributed by atoms with Crippen molar-refractivity contribution in [3.05, 3.63) is 119 Å². The van der Waals surface area contributed by atoms with E-state index in [9.17, 15) is 4.79 Å². The van der Waals surface area contributed by atoms with E-state index in [2.05, 4.69) is 96.4 Å². The molecule has 1 atom stereocenters. The van der Waals surface area contributed by atoms with Crippen LogP contribution < -0.4 is 16.4 Å². The molecule has 0 saturated heterocycles. The summed E-state index contributed by atoms with van der Waals surface area (Å²) in [5.41, 5.74) is 10.5. The van der Waals surface area contributed by atoms with Crippen molar-refractivity contribution >= 4 is 41.6 Å². The van der Waals surface area contributed by atoms with Crippen LogP contribution in [0.25, 0.3) is 10.8 Å². The van der Waals surface area contributed by atoms with Crippen molar-refractivity contribution in [3.63, 3.8) is 0 Å². The summed E-state index contributed by atoms with van der Waals surface area (Å²) in [5, 5.41) is 9.08. The van der Waals surface area contributed by atoms with Crippen LogP contribution in [0.15, 0.2) is 97.1 Å². The monoisotopic (exact) mass is 566 g/mol. The number of nitrogens with zero attached hydrogens (tertiary/aromatic N) is 1. The zero-order valence-corrected chi connectivity index (χ0v) is 24.1. The maximum absolute atomic E-state index is 13.4. The van der Waals surface area contributed by atoms with E-state index in [0.29, 0.717) is 19.6 Å². The van der Waals surface area contributed by atoms with E-state index in [4.69, 9.17) is 5.73 Å². The molecule has 4 rings (SSSR count). The summed E-state index contributed by atoms with van der Waals surface area (Å²) < 4.78 is 0. The summed E-state index contributed by atoms with van der Waals surface area (Å²) in [6.45, 7) is 5.56. The molecule has 7 heteroatoms. The molecule has 0 unspecified atom stereocenters. The van der Waals surface area contributed by atoms with Crippen molar-refractivity contribution in [2.45, 2.75) is 45.4 Å². The van der Waals surface area contributed by atoms with Gasteiger partial charge in [0, 0.05) is 26.2 Å². The van der Waals surface area contributed by atoms with Crippen LogP contribution >= 0.6 is 24.8 Å². The van der Waals surface area contributed by atoms with Crippen LogP contribution in [0, 0.1) is 0 Å². The third kappa shape index (κ3) is 9.55. The van der Waals surface area contributed by atoms with Gasteiger partial charge in [-0.2, -0.15) is 0 Å². The molecular weight excluding hydrogens is 527 g/mol. The Morgan fingerprint density at radius 3 is 2.10 bits per heavy atom. The maximum atomic E-state index is 13.4. The largest absolute Gasteiger partial charge is 0.331 e. The Bertz CT molecular complexity index is 1260. The molecule has 0 aromatic heterocycles. The normalized spacial score (nSPS) is 11.2. The van der Waals surface area contributed by atoms with E-state index in [-0.39, 0.29) is 36.9 Å². The highest BCUT2D eigenvalue weighted by Crippen LogP contribution is 2.24. The van der Waals surface area contributed by atoms with E-state index in [1.807, 2.05) is 23.1 Å². The second kappa shape index (κ2) is 16.8. The summed E-state index contributed by atoms with van der Waals surface area (Å²) in [6.07, 6.45) is 1.78. The number of amides is 2. The van der Waals surface area contributed by atoms with E-state index >= 15 is 0 Å². The lowest BCUT2D eigenvalue weighted by molar-refractivity contribution is 0.191. The standard InChI is InChI=1S/C32H38N4O.2ClH/c1-25(30-15-9-13-29-12-5-6-14-31(29)30)35-32(37)36(21-8-7-20-33)24-28-18-16-27(17-19-28)23-34-22-26-10-3-2-4-11-26;;/h2-6,9-19,25,34H,7-8,20-24,33H2,1H3,(H,35,37);2*1H/t25-;;/m0../s1. The smallest absolute Gasteiger partial charge is 0.318 e. The molecule has 0 bridgehead atoms. The average molecular weight is 568 g/mol. The highest BCUT2D eigenvalue weighted by atomic mass is 35.5. The lowest BCUT2D eigenvalue weighted by Gasteiger charge is -2.26. The average Bonchev–Trinajstić information content (AvgIpc) is 2.93. The first-order valence-corrected chi connectivity index (χ1v) is 13.2. The summed E-state index contributed by atoms with van der Waals surface area (Å²) in [4.78, 5) is 15.3. The van der Waals surface area contributed by atoms with Gasteiger partial charge in [0.05, 0.1) is 6.04 Å². The van der Waals surface area contributed by atoms with E-state index in [1.165, 1.54) is 21.9 Å². The van der Waals surface area contributed by atoms with Crippen molar-refractivity contribution in [3.8, 4) is 0 Å². The topological polar surface area (TPSA) is 70.4 Å². The number of carbonyl (C=O) groups is 1. The lowest BCUT2D eigenvalue weighted by Crippen LogP contribution is -2.41. The van der Waals surface area contributed by atoms with E-state index in [0.717, 1.165) is 37.1 Å². The number of unbranched alkanes of at least 4 members (excludes halogenated alkanes) is 1. The highest BCUT2D eigenvalue weighted by molar-refractivity contribution is 5.87. The molecule has 4 N–H and O–H groups in total. The zero-order valence-electron chi connectivity index (χ0n) is 22.5. The van der Waals surface area contributed by atoms with Crippen LogP contribution in [0.2, 0.25) is 0 Å². The third-order valence-corrected chi connectivity index (χ3v) is 6.70. The van der Waals surface area contributed by atoms with Crippen LogP contribution in [0.1, 0.15) is 48.1 Å². The highest BCUT2D eigenvalue weighted by Gasteiger charge is 2.18. The van der Waals surface area contributed by atoms with Crippen LogP contribution in [0.4, 0.5) is 4.79 Å². The number of fused-ring (bicyclic) bond motifs is 1. The molecule has 0 radical (unpaired) electrons. The first-order chi connectivity index (χ1) is 18.1. The first-order valence-electron chi connectivity index (χ1n) is 13.2. The molecule has 4 aromatic rings. The minimum Gasteiger partial charge on any atom is -0.331 e. The number of hydrogen-bond acceptors (Lipinski definition) is 3. The van der Waals surface area contributed by atoms with Gasteiger partial charge in [-0.3, -0.25) is 0 Å². The van der Waals surface area contributed by atoms with Crippen molar-refractivity contribution < 1.29 is 4.79 Å². The van der Waals surface area contributed by atoms with Crippen molar-refractivity contribution in [2.24, 2.45) is 5.73 Å². The number of rotatable bonds is 12. The van der Waals surface area contributed by atoms with Crippen molar-refractivity contribution in [1.29, 1.82) is 0 Å². The lowest BCUT2D eigenvalue weighted by atomic mass is 10.00. The molecule has 0 aliphatic carbocycles. The van der Waals surface area contributed by atoms with Gasteiger partial charge in [-0.05, 0) is 59.3 Å². The number of benzene rings is 4. The summed E-state index contributed by atoms with van der Waals surface area (Å²) in [6, 6.07) is 33.3. The van der Waals surface area contributed by atoms with Crippen molar-refractivity contribution in [1.82, 2.24) is 15.5 Å². The van der Waals surface area contributed by atoms with Crippen LogP contribution in [-0.4, -0.2) is 24.0 Å². The molecule has 0 heterocycles. The fraction of sp³-hybridized carbons (Fsp3) is 0.281. The summed E-state index contributed by atoms with van der Waals surface area (Å²) >= 11 is 0. The predicted molar refractivity (Wildman–Crippen MR) is 168 cm³/mol. The molecule has 39 heavy (non-hydrogen) atoms. The number of carbonyl (C=O) groups excluding carboxylic acids is 1. The van der Waals surface area contributed by atoms with Crippen molar-refractivity contribution in [2.75, 3.05) is 13.1 Å². The Morgan fingerprint density at radius 2 is 1.38 bits per heavy atom. The third-order valence-electron chi connectivity index (χ3n) is 6.70. The predicted octanol–water partition coefficient (Wildman–Crippen LogP) is 6.98. The minimum atomic E-state index is -0.103. The van der Waals surface area contributed by atoms with Gasteiger partial charge in [-0.25, -0.2) is 4.79 Å². The molecule has 5 nitrogen and oxygen atoms in total.